The van der Waals surface area contributed by atoms with E-state index >= 15 is 0 Å². The molecule has 0 saturated carbocycles. The highest BCUT2D eigenvalue weighted by atomic mass is 16.5. The Morgan fingerprint density at radius 2 is 1.62 bits per heavy atom. The monoisotopic (exact) mass is 437 g/mol. The molecule has 8 heteroatoms. The van der Waals surface area contributed by atoms with Gasteiger partial charge in [-0.3, -0.25) is 9.59 Å². The molecule has 2 heterocycles. The zero-order chi connectivity index (χ0) is 23.4. The van der Waals surface area contributed by atoms with Crippen molar-refractivity contribution in [3.05, 3.63) is 70.2 Å². The number of rotatable bonds is 8. The number of nitrogens with one attached hydrogen (secondary N) is 1. The second kappa shape index (κ2) is 9.47. The SMILES string of the molecule is CCOC(=O)c1[nH]c(C)c(C(=O)COC(=O)c2ccc(-c3ccc(C(C)=O)cc3)o2)c1C. The third-order valence-electron chi connectivity index (χ3n) is 4.91. The van der Waals surface area contributed by atoms with E-state index in [0.717, 1.165) is 0 Å². The minimum absolute atomic E-state index is 0.0489. The van der Waals surface area contributed by atoms with E-state index in [1.807, 2.05) is 0 Å². The van der Waals surface area contributed by atoms with Gasteiger partial charge in [0, 0.05) is 22.4 Å². The van der Waals surface area contributed by atoms with Crippen LogP contribution >= 0.6 is 0 Å². The van der Waals surface area contributed by atoms with Crippen molar-refractivity contribution in [2.24, 2.45) is 0 Å². The van der Waals surface area contributed by atoms with Gasteiger partial charge in [0.15, 0.2) is 12.4 Å². The first kappa shape index (κ1) is 22.7. The number of ketones is 2. The number of carbonyl (C=O) groups excluding carboxylic acids is 4. The maximum atomic E-state index is 12.6. The quantitative estimate of drug-likeness (QED) is 0.412. The smallest absolute Gasteiger partial charge is 0.374 e. The Bertz CT molecular complexity index is 1180. The summed E-state index contributed by atoms with van der Waals surface area (Å²) in [5, 5.41) is 0. The van der Waals surface area contributed by atoms with Crippen molar-refractivity contribution < 1.29 is 33.1 Å². The van der Waals surface area contributed by atoms with Gasteiger partial charge in [0.05, 0.1) is 6.61 Å². The summed E-state index contributed by atoms with van der Waals surface area (Å²) >= 11 is 0. The van der Waals surface area contributed by atoms with Crippen LogP contribution in [0.4, 0.5) is 0 Å². The topological polar surface area (TPSA) is 116 Å². The molecular formula is C24H23NO7. The third-order valence-corrected chi connectivity index (χ3v) is 4.91. The lowest BCUT2D eigenvalue weighted by molar-refractivity contribution is 0.0443. The number of aromatic nitrogens is 1. The van der Waals surface area contributed by atoms with Crippen LogP contribution in [0.3, 0.4) is 0 Å². The summed E-state index contributed by atoms with van der Waals surface area (Å²) < 4.78 is 15.6. The molecule has 2 aromatic heterocycles. The van der Waals surface area contributed by atoms with Crippen molar-refractivity contribution in [3.8, 4) is 11.3 Å². The van der Waals surface area contributed by atoms with Gasteiger partial charge in [-0.15, -0.1) is 0 Å². The third kappa shape index (κ3) is 4.69. The van der Waals surface area contributed by atoms with Gasteiger partial charge >= 0.3 is 11.9 Å². The van der Waals surface area contributed by atoms with Gasteiger partial charge in [0.2, 0.25) is 11.5 Å². The number of benzene rings is 1. The molecule has 0 atom stereocenters. The van der Waals surface area contributed by atoms with Gasteiger partial charge in [0.1, 0.15) is 11.5 Å². The van der Waals surface area contributed by atoms with Crippen molar-refractivity contribution in [1.82, 2.24) is 4.98 Å². The van der Waals surface area contributed by atoms with E-state index in [9.17, 15) is 19.2 Å². The van der Waals surface area contributed by atoms with E-state index in [1.54, 1.807) is 51.1 Å². The van der Waals surface area contributed by atoms with Crippen LogP contribution < -0.4 is 0 Å². The maximum absolute atomic E-state index is 12.6. The Morgan fingerprint density at radius 1 is 0.938 bits per heavy atom. The predicted molar refractivity (Wildman–Crippen MR) is 115 cm³/mol. The van der Waals surface area contributed by atoms with E-state index in [1.165, 1.54) is 13.0 Å². The first-order chi connectivity index (χ1) is 15.2. The number of furan rings is 1. The fourth-order valence-corrected chi connectivity index (χ4v) is 3.32. The van der Waals surface area contributed by atoms with Crippen LogP contribution in [0.15, 0.2) is 40.8 Å². The van der Waals surface area contributed by atoms with E-state index in [0.29, 0.717) is 28.1 Å². The Kier molecular flexibility index (Phi) is 6.73. The maximum Gasteiger partial charge on any atom is 0.374 e. The molecule has 0 spiro atoms. The molecule has 3 rings (SSSR count). The molecule has 0 saturated heterocycles. The van der Waals surface area contributed by atoms with Gasteiger partial charge < -0.3 is 18.9 Å². The molecule has 1 aromatic carbocycles. The molecule has 0 bridgehead atoms. The highest BCUT2D eigenvalue weighted by Gasteiger charge is 2.24. The summed E-state index contributed by atoms with van der Waals surface area (Å²) in [5.41, 5.74) is 2.67. The second-order valence-corrected chi connectivity index (χ2v) is 7.14. The van der Waals surface area contributed by atoms with Crippen LogP contribution in [0.2, 0.25) is 0 Å². The first-order valence-corrected chi connectivity index (χ1v) is 10.0. The lowest BCUT2D eigenvalue weighted by Crippen LogP contribution is -2.15. The number of aromatic amines is 1. The Balaban J connectivity index is 1.67. The molecule has 166 valence electrons. The highest BCUT2D eigenvalue weighted by molar-refractivity contribution is 6.04. The average molecular weight is 437 g/mol. The molecule has 32 heavy (non-hydrogen) atoms. The fraction of sp³-hybridized carbons (Fsp3) is 0.250. The molecule has 0 unspecified atom stereocenters. The predicted octanol–water partition coefficient (Wildman–Crippen LogP) is 4.31. The lowest BCUT2D eigenvalue weighted by atomic mass is 10.1. The van der Waals surface area contributed by atoms with Crippen molar-refractivity contribution >= 4 is 23.5 Å². The molecule has 0 radical (unpaired) electrons. The van der Waals surface area contributed by atoms with Gasteiger partial charge in [-0.25, -0.2) is 9.59 Å². The van der Waals surface area contributed by atoms with Gasteiger partial charge in [-0.05, 0) is 45.4 Å². The van der Waals surface area contributed by atoms with E-state index in [4.69, 9.17) is 13.9 Å². The number of hydrogen-bond donors (Lipinski definition) is 1. The summed E-state index contributed by atoms with van der Waals surface area (Å²) in [7, 11) is 0. The Labute approximate surface area is 184 Å². The van der Waals surface area contributed by atoms with E-state index < -0.39 is 24.3 Å². The van der Waals surface area contributed by atoms with E-state index in [2.05, 4.69) is 4.98 Å². The van der Waals surface area contributed by atoms with Gasteiger partial charge in [-0.1, -0.05) is 24.3 Å². The molecule has 0 aliphatic carbocycles. The summed E-state index contributed by atoms with van der Waals surface area (Å²) in [5.74, 6) is -1.48. The molecule has 1 N–H and O–H groups in total. The largest absolute Gasteiger partial charge is 0.461 e. The summed E-state index contributed by atoms with van der Waals surface area (Å²) in [6.45, 7) is 6.15. The summed E-state index contributed by atoms with van der Waals surface area (Å²) in [6, 6.07) is 9.82. The number of carbonyl (C=O) groups is 4. The number of hydrogen-bond acceptors (Lipinski definition) is 7. The normalized spacial score (nSPS) is 10.6. The van der Waals surface area contributed by atoms with Gasteiger partial charge in [-0.2, -0.15) is 0 Å². The Morgan fingerprint density at radius 3 is 2.25 bits per heavy atom. The van der Waals surface area contributed by atoms with Crippen molar-refractivity contribution in [3.63, 3.8) is 0 Å². The summed E-state index contributed by atoms with van der Waals surface area (Å²) in [4.78, 5) is 51.2. The summed E-state index contributed by atoms with van der Waals surface area (Å²) in [6.07, 6.45) is 0. The molecular weight excluding hydrogens is 414 g/mol. The number of Topliss-reactive ketones (excluding diaryl/α,β-unsaturated/α-hetero) is 2. The fourth-order valence-electron chi connectivity index (χ4n) is 3.32. The van der Waals surface area contributed by atoms with Crippen molar-refractivity contribution in [2.75, 3.05) is 13.2 Å². The van der Waals surface area contributed by atoms with Crippen LogP contribution in [0, 0.1) is 13.8 Å². The van der Waals surface area contributed by atoms with Crippen LogP contribution in [0.5, 0.6) is 0 Å². The first-order valence-electron chi connectivity index (χ1n) is 10.0. The molecule has 0 fully saturated rings. The highest BCUT2D eigenvalue weighted by Crippen LogP contribution is 2.24. The number of ether oxygens (including phenoxy) is 2. The second-order valence-electron chi connectivity index (χ2n) is 7.14. The van der Waals surface area contributed by atoms with Crippen LogP contribution in [0.1, 0.15) is 66.9 Å². The molecule has 0 amide bonds. The minimum Gasteiger partial charge on any atom is -0.461 e. The van der Waals surface area contributed by atoms with Gasteiger partial charge in [0.25, 0.3) is 0 Å². The average Bonchev–Trinajstić information content (AvgIpc) is 3.37. The molecule has 8 nitrogen and oxygen atoms in total. The van der Waals surface area contributed by atoms with Crippen LogP contribution in [-0.2, 0) is 9.47 Å². The molecule has 0 aliphatic heterocycles. The zero-order valence-corrected chi connectivity index (χ0v) is 18.2. The number of H-pyrrole nitrogens is 1. The minimum atomic E-state index is -0.790. The lowest BCUT2D eigenvalue weighted by Gasteiger charge is -2.04. The molecule has 3 aromatic rings. The zero-order valence-electron chi connectivity index (χ0n) is 18.2. The van der Waals surface area contributed by atoms with Crippen LogP contribution in [-0.4, -0.2) is 41.7 Å². The Hall–Kier alpha value is -3.94. The van der Waals surface area contributed by atoms with Crippen LogP contribution in [0.25, 0.3) is 11.3 Å². The van der Waals surface area contributed by atoms with Crippen molar-refractivity contribution in [1.29, 1.82) is 0 Å². The standard InChI is InChI=1S/C24H23NO7/c1-5-30-24(29)22-13(2)21(14(3)25-22)18(27)12-31-23(28)20-11-10-19(32-20)17-8-6-16(7-9-17)15(4)26/h6-11,25H,5,12H2,1-4H3. The van der Waals surface area contributed by atoms with E-state index in [-0.39, 0.29) is 29.4 Å². The molecule has 0 aliphatic rings. The number of aryl methyl sites for hydroxylation is 1. The van der Waals surface area contributed by atoms with Crippen molar-refractivity contribution in [2.45, 2.75) is 27.7 Å². The number of esters is 2.